The molecule has 0 radical (unpaired) electrons. The Bertz CT molecular complexity index is 870. The van der Waals surface area contributed by atoms with Crippen molar-refractivity contribution in [1.29, 1.82) is 0 Å². The summed E-state index contributed by atoms with van der Waals surface area (Å²) in [4.78, 5) is 29.4. The van der Waals surface area contributed by atoms with E-state index >= 15 is 0 Å². The van der Waals surface area contributed by atoms with Gasteiger partial charge in [-0.2, -0.15) is 0 Å². The molecule has 3 atom stereocenters. The van der Waals surface area contributed by atoms with Crippen molar-refractivity contribution in [2.45, 2.75) is 37.1 Å². The summed E-state index contributed by atoms with van der Waals surface area (Å²) in [6, 6.07) is 19.6. The fourth-order valence-corrected chi connectivity index (χ4v) is 4.84. The molecule has 3 aliphatic rings. The van der Waals surface area contributed by atoms with Gasteiger partial charge in [0.2, 0.25) is 11.8 Å². The molecule has 5 heteroatoms. The van der Waals surface area contributed by atoms with Crippen LogP contribution >= 0.6 is 0 Å². The highest BCUT2D eigenvalue weighted by molar-refractivity contribution is 5.85. The number of nitrogens with zero attached hydrogens (tertiary/aromatic N) is 2. The van der Waals surface area contributed by atoms with E-state index < -0.39 is 5.72 Å². The molecule has 0 unspecified atom stereocenters. The van der Waals surface area contributed by atoms with Gasteiger partial charge < -0.3 is 14.5 Å². The lowest BCUT2D eigenvalue weighted by Crippen LogP contribution is -2.49. The van der Waals surface area contributed by atoms with Crippen molar-refractivity contribution in [2.24, 2.45) is 0 Å². The van der Waals surface area contributed by atoms with Crippen molar-refractivity contribution in [3.8, 4) is 0 Å². The Morgan fingerprint density at radius 1 is 1.07 bits per heavy atom. The maximum absolute atomic E-state index is 12.9. The van der Waals surface area contributed by atoms with E-state index in [1.54, 1.807) is 0 Å². The molecule has 3 saturated heterocycles. The Balaban J connectivity index is 1.38. The van der Waals surface area contributed by atoms with E-state index in [2.05, 4.69) is 0 Å². The number of carbonyl (C=O) groups is 2. The SMILES string of the molecule is O=C(Cc1ccccc1)N1CC[C@@]23O[C@@H](c4ccccc4)CN2C(=O)C[C@@H]13. The molecular formula is C22H22N2O3. The van der Waals surface area contributed by atoms with Gasteiger partial charge in [-0.05, 0) is 11.1 Å². The first-order valence-electron chi connectivity index (χ1n) is 9.54. The predicted octanol–water partition coefficient (Wildman–Crippen LogP) is 2.53. The highest BCUT2D eigenvalue weighted by Gasteiger charge is 2.64. The number of ether oxygens (including phenoxy) is 1. The molecule has 2 aromatic carbocycles. The van der Waals surface area contributed by atoms with Gasteiger partial charge in [0, 0.05) is 13.0 Å². The Morgan fingerprint density at radius 3 is 2.52 bits per heavy atom. The van der Waals surface area contributed by atoms with Gasteiger partial charge in [0.25, 0.3) is 0 Å². The molecule has 0 aromatic heterocycles. The van der Waals surface area contributed by atoms with E-state index in [1.807, 2.05) is 70.5 Å². The normalized spacial score (nSPS) is 29.1. The van der Waals surface area contributed by atoms with Crippen LogP contribution in [0.2, 0.25) is 0 Å². The average Bonchev–Trinajstić information content (AvgIpc) is 3.32. The molecule has 3 fully saturated rings. The third-order valence-corrected chi connectivity index (χ3v) is 6.12. The molecule has 138 valence electrons. The fourth-order valence-electron chi connectivity index (χ4n) is 4.84. The number of amides is 2. The average molecular weight is 362 g/mol. The maximum atomic E-state index is 12.9. The summed E-state index contributed by atoms with van der Waals surface area (Å²) in [6.45, 7) is 1.21. The molecule has 0 saturated carbocycles. The standard InChI is InChI=1S/C22H22N2O3/c25-20(13-16-7-3-1-4-8-16)23-12-11-22-19(23)14-21(26)24(22)15-18(27-22)17-9-5-2-6-10-17/h1-10,18-19H,11-15H2/t18-,19-,22+/m1/s1. The van der Waals surface area contributed by atoms with E-state index in [1.165, 1.54) is 0 Å². The first-order chi connectivity index (χ1) is 13.2. The van der Waals surface area contributed by atoms with E-state index in [-0.39, 0.29) is 24.0 Å². The van der Waals surface area contributed by atoms with Crippen molar-refractivity contribution in [3.05, 3.63) is 71.8 Å². The molecule has 0 aliphatic carbocycles. The third kappa shape index (κ3) is 2.57. The van der Waals surface area contributed by atoms with E-state index in [4.69, 9.17) is 4.74 Å². The van der Waals surface area contributed by atoms with Gasteiger partial charge in [-0.15, -0.1) is 0 Å². The monoisotopic (exact) mass is 362 g/mol. The molecular weight excluding hydrogens is 340 g/mol. The second-order valence-electron chi connectivity index (χ2n) is 7.59. The molecule has 1 spiro atoms. The van der Waals surface area contributed by atoms with Crippen molar-refractivity contribution in [1.82, 2.24) is 9.80 Å². The van der Waals surface area contributed by atoms with Crippen molar-refractivity contribution < 1.29 is 14.3 Å². The van der Waals surface area contributed by atoms with Gasteiger partial charge in [-0.25, -0.2) is 0 Å². The zero-order valence-electron chi connectivity index (χ0n) is 15.1. The number of hydrogen-bond acceptors (Lipinski definition) is 3. The Morgan fingerprint density at radius 2 is 1.78 bits per heavy atom. The minimum absolute atomic E-state index is 0.0736. The van der Waals surface area contributed by atoms with Crippen molar-refractivity contribution >= 4 is 11.8 Å². The van der Waals surface area contributed by atoms with Gasteiger partial charge in [0.1, 0.15) is 6.10 Å². The van der Waals surface area contributed by atoms with Crippen LogP contribution in [0, 0.1) is 0 Å². The Labute approximate surface area is 158 Å². The van der Waals surface area contributed by atoms with Gasteiger partial charge in [-0.3, -0.25) is 9.59 Å². The smallest absolute Gasteiger partial charge is 0.227 e. The number of hydrogen-bond donors (Lipinski definition) is 0. The molecule has 5 rings (SSSR count). The summed E-state index contributed by atoms with van der Waals surface area (Å²) in [5.41, 5.74) is 1.44. The molecule has 2 amide bonds. The van der Waals surface area contributed by atoms with Crippen LogP contribution in [0.3, 0.4) is 0 Å². The topological polar surface area (TPSA) is 49.9 Å². The van der Waals surface area contributed by atoms with Crippen LogP contribution in [-0.4, -0.2) is 46.5 Å². The molecule has 2 aromatic rings. The number of likely N-dealkylation sites (tertiary alicyclic amines) is 1. The fraction of sp³-hybridized carbons (Fsp3) is 0.364. The summed E-state index contributed by atoms with van der Waals surface area (Å²) in [5, 5.41) is 0. The lowest BCUT2D eigenvalue weighted by Gasteiger charge is -2.32. The van der Waals surface area contributed by atoms with Crippen LogP contribution in [-0.2, 0) is 20.7 Å². The predicted molar refractivity (Wildman–Crippen MR) is 99.6 cm³/mol. The largest absolute Gasteiger partial charge is 0.343 e. The van der Waals surface area contributed by atoms with Gasteiger partial charge >= 0.3 is 0 Å². The minimum atomic E-state index is -0.649. The first-order valence-corrected chi connectivity index (χ1v) is 9.54. The summed E-state index contributed by atoms with van der Waals surface area (Å²) in [6.07, 6.45) is 1.29. The quantitative estimate of drug-likeness (QED) is 0.843. The van der Waals surface area contributed by atoms with E-state index in [9.17, 15) is 9.59 Å². The lowest BCUT2D eigenvalue weighted by molar-refractivity contribution is -0.142. The summed E-state index contributed by atoms with van der Waals surface area (Å²) in [5.74, 6) is 0.167. The van der Waals surface area contributed by atoms with Gasteiger partial charge in [0.05, 0.1) is 25.4 Å². The number of carbonyl (C=O) groups excluding carboxylic acids is 2. The molecule has 27 heavy (non-hydrogen) atoms. The molecule has 5 nitrogen and oxygen atoms in total. The van der Waals surface area contributed by atoms with E-state index in [0.29, 0.717) is 32.4 Å². The molecule has 0 bridgehead atoms. The number of rotatable bonds is 3. The number of benzene rings is 2. The Hall–Kier alpha value is -2.66. The zero-order valence-corrected chi connectivity index (χ0v) is 15.1. The molecule has 3 heterocycles. The first kappa shape index (κ1) is 16.5. The molecule has 3 aliphatic heterocycles. The van der Waals surface area contributed by atoms with Gasteiger partial charge in [0.15, 0.2) is 5.72 Å². The summed E-state index contributed by atoms with van der Waals surface area (Å²) >= 11 is 0. The van der Waals surface area contributed by atoms with Crippen LogP contribution in [0.1, 0.15) is 30.1 Å². The third-order valence-electron chi connectivity index (χ3n) is 6.12. The summed E-state index contributed by atoms with van der Waals surface area (Å²) < 4.78 is 6.50. The Kier molecular flexibility index (Phi) is 3.79. The highest BCUT2D eigenvalue weighted by Crippen LogP contribution is 2.50. The second kappa shape index (κ2) is 6.20. The zero-order chi connectivity index (χ0) is 18.4. The van der Waals surface area contributed by atoms with Crippen LogP contribution in [0.5, 0.6) is 0 Å². The second-order valence-corrected chi connectivity index (χ2v) is 7.59. The van der Waals surface area contributed by atoms with Crippen molar-refractivity contribution in [3.63, 3.8) is 0 Å². The van der Waals surface area contributed by atoms with Crippen LogP contribution in [0.15, 0.2) is 60.7 Å². The van der Waals surface area contributed by atoms with Gasteiger partial charge in [-0.1, -0.05) is 60.7 Å². The lowest BCUT2D eigenvalue weighted by atomic mass is 10.1. The van der Waals surface area contributed by atoms with Crippen LogP contribution in [0.25, 0.3) is 0 Å². The van der Waals surface area contributed by atoms with Crippen molar-refractivity contribution in [2.75, 3.05) is 13.1 Å². The maximum Gasteiger partial charge on any atom is 0.227 e. The molecule has 0 N–H and O–H groups in total. The minimum Gasteiger partial charge on any atom is -0.343 e. The van der Waals surface area contributed by atoms with Crippen LogP contribution < -0.4 is 0 Å². The van der Waals surface area contributed by atoms with E-state index in [0.717, 1.165) is 11.1 Å². The summed E-state index contributed by atoms with van der Waals surface area (Å²) in [7, 11) is 0. The van der Waals surface area contributed by atoms with Crippen LogP contribution in [0.4, 0.5) is 0 Å². The highest BCUT2D eigenvalue weighted by atomic mass is 16.5.